The van der Waals surface area contributed by atoms with Crippen molar-refractivity contribution in [2.75, 3.05) is 23.3 Å². The van der Waals surface area contributed by atoms with E-state index in [1.165, 1.54) is 19.3 Å². The van der Waals surface area contributed by atoms with E-state index < -0.39 is 0 Å². The molecular weight excluding hydrogens is 314 g/mol. The van der Waals surface area contributed by atoms with Crippen molar-refractivity contribution < 1.29 is 4.79 Å². The predicted molar refractivity (Wildman–Crippen MR) is 101 cm³/mol. The zero-order chi connectivity index (χ0) is 17.8. The van der Waals surface area contributed by atoms with Crippen LogP contribution in [0.1, 0.15) is 43.5 Å². The van der Waals surface area contributed by atoms with Gasteiger partial charge < -0.3 is 15.5 Å². The Kier molecular flexibility index (Phi) is 5.26. The van der Waals surface area contributed by atoms with Crippen LogP contribution in [0.2, 0.25) is 0 Å². The first-order chi connectivity index (χ1) is 12.1. The molecule has 1 fully saturated rings. The zero-order valence-electron chi connectivity index (χ0n) is 15.2. The standard InChI is InChI=1S/C19H27N5O/c1-14(16-13-20-23(3)15(16)2)21-19(25)22-17-9-5-6-10-18(17)24-11-7-4-8-12-24/h5-6,9-10,13-14H,4,7-8,11-12H2,1-3H3,(H2,21,22,25)/t14-/m0/s1. The van der Waals surface area contributed by atoms with Gasteiger partial charge in [-0.15, -0.1) is 0 Å². The number of benzene rings is 1. The first-order valence-corrected chi connectivity index (χ1v) is 8.96. The fourth-order valence-electron chi connectivity index (χ4n) is 3.36. The number of piperidine rings is 1. The maximum atomic E-state index is 12.5. The van der Waals surface area contributed by atoms with Crippen LogP contribution >= 0.6 is 0 Å². The monoisotopic (exact) mass is 341 g/mol. The number of aryl methyl sites for hydroxylation is 1. The van der Waals surface area contributed by atoms with Crippen molar-refractivity contribution in [1.29, 1.82) is 0 Å². The molecule has 2 heterocycles. The van der Waals surface area contributed by atoms with Gasteiger partial charge in [-0.1, -0.05) is 12.1 Å². The summed E-state index contributed by atoms with van der Waals surface area (Å²) in [5, 5.41) is 10.3. The van der Waals surface area contributed by atoms with Crippen LogP contribution in [0.3, 0.4) is 0 Å². The van der Waals surface area contributed by atoms with Crippen molar-refractivity contribution in [3.63, 3.8) is 0 Å². The lowest BCUT2D eigenvalue weighted by atomic mass is 10.1. The highest BCUT2D eigenvalue weighted by molar-refractivity contribution is 5.93. The SMILES string of the molecule is Cc1c([C@H](C)NC(=O)Nc2ccccc2N2CCCCC2)cnn1C. The molecule has 25 heavy (non-hydrogen) atoms. The third-order valence-electron chi connectivity index (χ3n) is 4.94. The van der Waals surface area contributed by atoms with Gasteiger partial charge in [0.15, 0.2) is 0 Å². The van der Waals surface area contributed by atoms with E-state index in [9.17, 15) is 4.79 Å². The summed E-state index contributed by atoms with van der Waals surface area (Å²) < 4.78 is 1.82. The van der Waals surface area contributed by atoms with E-state index in [0.717, 1.165) is 35.7 Å². The summed E-state index contributed by atoms with van der Waals surface area (Å²) in [6.07, 6.45) is 5.51. The molecule has 1 saturated heterocycles. The minimum atomic E-state index is -0.194. The molecule has 0 radical (unpaired) electrons. The molecule has 1 atom stereocenters. The van der Waals surface area contributed by atoms with E-state index >= 15 is 0 Å². The molecule has 0 saturated carbocycles. The third kappa shape index (κ3) is 3.95. The smallest absolute Gasteiger partial charge is 0.319 e. The number of nitrogens with one attached hydrogen (secondary N) is 2. The van der Waals surface area contributed by atoms with E-state index in [1.807, 2.05) is 50.0 Å². The quantitative estimate of drug-likeness (QED) is 0.893. The maximum absolute atomic E-state index is 12.5. The van der Waals surface area contributed by atoms with E-state index in [-0.39, 0.29) is 12.1 Å². The summed E-state index contributed by atoms with van der Waals surface area (Å²) in [6, 6.07) is 7.72. The molecule has 6 nitrogen and oxygen atoms in total. The lowest BCUT2D eigenvalue weighted by Gasteiger charge is -2.30. The number of hydrogen-bond donors (Lipinski definition) is 2. The van der Waals surface area contributed by atoms with Crippen LogP contribution in [0.5, 0.6) is 0 Å². The van der Waals surface area contributed by atoms with Gasteiger partial charge in [-0.05, 0) is 45.2 Å². The highest BCUT2D eigenvalue weighted by Gasteiger charge is 2.18. The molecule has 0 aliphatic carbocycles. The number of rotatable bonds is 4. The van der Waals surface area contributed by atoms with Gasteiger partial charge in [0, 0.05) is 31.4 Å². The number of amides is 2. The maximum Gasteiger partial charge on any atom is 0.319 e. The second-order valence-electron chi connectivity index (χ2n) is 6.69. The van der Waals surface area contributed by atoms with E-state index in [4.69, 9.17) is 0 Å². The Balaban J connectivity index is 1.68. The van der Waals surface area contributed by atoms with Crippen molar-refractivity contribution in [2.45, 2.75) is 39.2 Å². The summed E-state index contributed by atoms with van der Waals surface area (Å²) in [4.78, 5) is 14.8. The summed E-state index contributed by atoms with van der Waals surface area (Å²) in [6.45, 7) is 6.07. The number of para-hydroxylation sites is 2. The average molecular weight is 341 g/mol. The van der Waals surface area contributed by atoms with Crippen molar-refractivity contribution >= 4 is 17.4 Å². The Bertz CT molecular complexity index is 733. The number of carbonyl (C=O) groups is 1. The van der Waals surface area contributed by atoms with Gasteiger partial charge in [-0.2, -0.15) is 5.10 Å². The minimum Gasteiger partial charge on any atom is -0.370 e. The Morgan fingerprint density at radius 3 is 2.60 bits per heavy atom. The van der Waals surface area contributed by atoms with Crippen molar-refractivity contribution in [3.8, 4) is 0 Å². The zero-order valence-corrected chi connectivity index (χ0v) is 15.2. The molecular formula is C19H27N5O. The van der Waals surface area contributed by atoms with Gasteiger partial charge in [-0.3, -0.25) is 4.68 Å². The Morgan fingerprint density at radius 1 is 1.20 bits per heavy atom. The molecule has 0 spiro atoms. The van der Waals surface area contributed by atoms with Crippen LogP contribution in [0, 0.1) is 6.92 Å². The summed E-state index contributed by atoms with van der Waals surface area (Å²) in [5.74, 6) is 0. The number of carbonyl (C=O) groups excluding carboxylic acids is 1. The van der Waals surface area contributed by atoms with Gasteiger partial charge in [-0.25, -0.2) is 4.79 Å². The highest BCUT2D eigenvalue weighted by Crippen LogP contribution is 2.28. The molecule has 0 unspecified atom stereocenters. The van der Waals surface area contributed by atoms with E-state index in [1.54, 1.807) is 0 Å². The molecule has 0 bridgehead atoms. The Labute approximate surface area is 149 Å². The number of anilines is 2. The van der Waals surface area contributed by atoms with Gasteiger partial charge in [0.25, 0.3) is 0 Å². The van der Waals surface area contributed by atoms with Crippen LogP contribution in [-0.2, 0) is 7.05 Å². The molecule has 1 aromatic heterocycles. The lowest BCUT2D eigenvalue weighted by Crippen LogP contribution is -2.33. The summed E-state index contributed by atoms with van der Waals surface area (Å²) in [7, 11) is 1.90. The molecule has 3 rings (SSSR count). The molecule has 1 aromatic carbocycles. The molecule has 2 aromatic rings. The number of aromatic nitrogens is 2. The second kappa shape index (κ2) is 7.59. The Hall–Kier alpha value is -2.50. The van der Waals surface area contributed by atoms with Crippen LogP contribution in [-0.4, -0.2) is 28.9 Å². The van der Waals surface area contributed by atoms with Crippen LogP contribution in [0.15, 0.2) is 30.5 Å². The lowest BCUT2D eigenvalue weighted by molar-refractivity contribution is 0.249. The van der Waals surface area contributed by atoms with Crippen molar-refractivity contribution in [1.82, 2.24) is 15.1 Å². The molecule has 1 aliphatic heterocycles. The van der Waals surface area contributed by atoms with Crippen LogP contribution in [0.4, 0.5) is 16.2 Å². The van der Waals surface area contributed by atoms with Crippen LogP contribution in [0.25, 0.3) is 0 Å². The largest absolute Gasteiger partial charge is 0.370 e. The van der Waals surface area contributed by atoms with Gasteiger partial charge in [0.05, 0.1) is 23.6 Å². The molecule has 134 valence electrons. The highest BCUT2D eigenvalue weighted by atomic mass is 16.2. The van der Waals surface area contributed by atoms with Crippen molar-refractivity contribution in [2.24, 2.45) is 7.05 Å². The van der Waals surface area contributed by atoms with E-state index in [0.29, 0.717) is 0 Å². The minimum absolute atomic E-state index is 0.101. The first kappa shape index (κ1) is 17.3. The molecule has 2 amide bonds. The first-order valence-electron chi connectivity index (χ1n) is 8.96. The van der Waals surface area contributed by atoms with Crippen molar-refractivity contribution in [3.05, 3.63) is 41.7 Å². The number of hydrogen-bond acceptors (Lipinski definition) is 3. The van der Waals surface area contributed by atoms with Gasteiger partial charge >= 0.3 is 6.03 Å². The van der Waals surface area contributed by atoms with Gasteiger partial charge in [0.2, 0.25) is 0 Å². The molecule has 6 heteroatoms. The third-order valence-corrected chi connectivity index (χ3v) is 4.94. The fraction of sp³-hybridized carbons (Fsp3) is 0.474. The van der Waals surface area contributed by atoms with Gasteiger partial charge in [0.1, 0.15) is 0 Å². The summed E-state index contributed by atoms with van der Waals surface area (Å²) in [5.41, 5.74) is 4.04. The van der Waals surface area contributed by atoms with E-state index in [2.05, 4.69) is 26.7 Å². The molecule has 2 N–H and O–H groups in total. The number of urea groups is 1. The number of nitrogens with zero attached hydrogens (tertiary/aromatic N) is 3. The normalized spacial score (nSPS) is 15.7. The topological polar surface area (TPSA) is 62.2 Å². The predicted octanol–water partition coefficient (Wildman–Crippen LogP) is 3.60. The van der Waals surface area contributed by atoms with Crippen LogP contribution < -0.4 is 15.5 Å². The fourth-order valence-corrected chi connectivity index (χ4v) is 3.36. The second-order valence-corrected chi connectivity index (χ2v) is 6.69. The Morgan fingerprint density at radius 2 is 1.92 bits per heavy atom. The average Bonchev–Trinajstić information content (AvgIpc) is 2.95. The molecule has 1 aliphatic rings. The summed E-state index contributed by atoms with van der Waals surface area (Å²) >= 11 is 0.